The molecule has 0 radical (unpaired) electrons. The van der Waals surface area contributed by atoms with Crippen LogP contribution in [0.1, 0.15) is 11.1 Å². The Balaban J connectivity index is 0.000000172. The monoisotopic (exact) mass is 396 g/mol. The highest BCUT2D eigenvalue weighted by Crippen LogP contribution is 2.20. The molecular formula is C27H28N2O. The van der Waals surface area contributed by atoms with E-state index in [1.54, 1.807) is 7.11 Å². The Kier molecular flexibility index (Phi) is 7.51. The van der Waals surface area contributed by atoms with Gasteiger partial charge in [-0.05, 0) is 74.5 Å². The molecule has 0 aliphatic heterocycles. The van der Waals surface area contributed by atoms with E-state index in [9.17, 15) is 0 Å². The minimum atomic E-state index is 0.870. The van der Waals surface area contributed by atoms with Crippen molar-refractivity contribution >= 4 is 22.7 Å². The lowest BCUT2D eigenvalue weighted by molar-refractivity contribution is 0.415. The third-order valence-corrected chi connectivity index (χ3v) is 4.54. The Morgan fingerprint density at radius 1 is 0.467 bits per heavy atom. The van der Waals surface area contributed by atoms with Crippen molar-refractivity contribution < 1.29 is 4.74 Å². The Labute approximate surface area is 179 Å². The van der Waals surface area contributed by atoms with E-state index in [0.717, 1.165) is 28.5 Å². The first-order chi connectivity index (χ1) is 14.6. The molecule has 0 fully saturated rings. The molecule has 0 unspecified atom stereocenters. The van der Waals surface area contributed by atoms with Crippen molar-refractivity contribution in [2.45, 2.75) is 13.8 Å². The molecule has 0 atom stereocenters. The summed E-state index contributed by atoms with van der Waals surface area (Å²) in [5.41, 5.74) is 6.95. The van der Waals surface area contributed by atoms with E-state index in [2.05, 4.69) is 85.1 Å². The van der Waals surface area contributed by atoms with Gasteiger partial charge in [0.25, 0.3) is 0 Å². The third-order valence-electron chi connectivity index (χ3n) is 4.54. The average Bonchev–Trinajstić information content (AvgIpc) is 2.79. The van der Waals surface area contributed by atoms with Gasteiger partial charge in [-0.15, -0.1) is 0 Å². The molecule has 0 amide bonds. The predicted molar refractivity (Wildman–Crippen MR) is 128 cm³/mol. The van der Waals surface area contributed by atoms with E-state index < -0.39 is 0 Å². The van der Waals surface area contributed by atoms with E-state index >= 15 is 0 Å². The summed E-state index contributed by atoms with van der Waals surface area (Å²) < 4.78 is 5.11. The first-order valence-electron chi connectivity index (χ1n) is 9.99. The van der Waals surface area contributed by atoms with E-state index in [0.29, 0.717) is 0 Å². The van der Waals surface area contributed by atoms with Crippen LogP contribution in [0, 0.1) is 13.8 Å². The molecule has 0 aliphatic rings. The topological polar surface area (TPSA) is 33.3 Å². The van der Waals surface area contributed by atoms with Crippen LogP contribution in [0.2, 0.25) is 0 Å². The molecule has 30 heavy (non-hydrogen) atoms. The van der Waals surface area contributed by atoms with Crippen molar-refractivity contribution in [3.8, 4) is 5.75 Å². The fourth-order valence-corrected chi connectivity index (χ4v) is 2.80. The Morgan fingerprint density at radius 3 is 1.23 bits per heavy atom. The second kappa shape index (κ2) is 10.7. The number of rotatable bonds is 5. The molecule has 3 heteroatoms. The van der Waals surface area contributed by atoms with Gasteiger partial charge in [0.2, 0.25) is 0 Å². The smallest absolute Gasteiger partial charge is 0.119 e. The predicted octanol–water partition coefficient (Wildman–Crippen LogP) is 7.49. The minimum absolute atomic E-state index is 0.870. The van der Waals surface area contributed by atoms with Gasteiger partial charge in [0.1, 0.15) is 5.75 Å². The summed E-state index contributed by atoms with van der Waals surface area (Å²) in [5, 5.41) is 6.66. The van der Waals surface area contributed by atoms with Gasteiger partial charge in [-0.25, -0.2) is 0 Å². The molecule has 4 aromatic carbocycles. The van der Waals surface area contributed by atoms with Gasteiger partial charge in [0.05, 0.1) is 7.11 Å². The lowest BCUT2D eigenvalue weighted by atomic mass is 10.2. The summed E-state index contributed by atoms with van der Waals surface area (Å²) in [6.07, 6.45) is 0. The van der Waals surface area contributed by atoms with Crippen LogP contribution < -0.4 is 15.4 Å². The highest BCUT2D eigenvalue weighted by molar-refractivity contribution is 5.61. The summed E-state index contributed by atoms with van der Waals surface area (Å²) in [6.45, 7) is 4.17. The van der Waals surface area contributed by atoms with E-state index in [1.165, 1.54) is 11.1 Å². The Hall–Kier alpha value is -3.72. The first-order valence-corrected chi connectivity index (χ1v) is 9.99. The van der Waals surface area contributed by atoms with Crippen molar-refractivity contribution in [3.63, 3.8) is 0 Å². The van der Waals surface area contributed by atoms with Gasteiger partial charge < -0.3 is 15.4 Å². The molecule has 2 N–H and O–H groups in total. The summed E-state index contributed by atoms with van der Waals surface area (Å²) in [4.78, 5) is 0. The second-order valence-electron chi connectivity index (χ2n) is 7.08. The standard InChI is InChI=1S/C14H15NO.C13H13N/c1-11-3-5-12(6-4-11)15-13-7-9-14(16-2)10-8-13;1-11-7-9-13(10-8-11)14-12-5-3-2-4-6-12/h3-10,15H,1-2H3;2-10,14H,1H3. The van der Waals surface area contributed by atoms with Crippen molar-refractivity contribution in [2.75, 3.05) is 17.7 Å². The molecular weight excluding hydrogens is 368 g/mol. The summed E-state index contributed by atoms with van der Waals surface area (Å²) in [5.74, 6) is 0.870. The van der Waals surface area contributed by atoms with Gasteiger partial charge in [-0.1, -0.05) is 53.6 Å². The zero-order valence-electron chi connectivity index (χ0n) is 17.7. The minimum Gasteiger partial charge on any atom is -0.497 e. The van der Waals surface area contributed by atoms with Gasteiger partial charge in [0.15, 0.2) is 0 Å². The van der Waals surface area contributed by atoms with E-state index in [4.69, 9.17) is 4.74 Å². The van der Waals surface area contributed by atoms with E-state index in [-0.39, 0.29) is 0 Å². The molecule has 4 rings (SSSR count). The molecule has 152 valence electrons. The normalized spacial score (nSPS) is 9.83. The molecule has 0 aliphatic carbocycles. The first kappa shape index (κ1) is 21.0. The molecule has 0 heterocycles. The van der Waals surface area contributed by atoms with Crippen LogP contribution in [0.15, 0.2) is 103 Å². The largest absolute Gasteiger partial charge is 0.497 e. The van der Waals surface area contributed by atoms with Crippen LogP contribution >= 0.6 is 0 Å². The number of methoxy groups -OCH3 is 1. The number of anilines is 4. The van der Waals surface area contributed by atoms with Crippen LogP contribution in [0.25, 0.3) is 0 Å². The molecule has 0 aromatic heterocycles. The quantitative estimate of drug-likeness (QED) is 0.367. The van der Waals surface area contributed by atoms with Gasteiger partial charge in [-0.2, -0.15) is 0 Å². The third kappa shape index (κ3) is 6.71. The summed E-state index contributed by atoms with van der Waals surface area (Å²) in [6, 6.07) is 34.7. The number of para-hydroxylation sites is 1. The fourth-order valence-electron chi connectivity index (χ4n) is 2.80. The Morgan fingerprint density at radius 2 is 0.833 bits per heavy atom. The molecule has 3 nitrogen and oxygen atoms in total. The van der Waals surface area contributed by atoms with Crippen LogP contribution in [0.3, 0.4) is 0 Å². The maximum absolute atomic E-state index is 5.11. The number of benzene rings is 4. The van der Waals surface area contributed by atoms with Gasteiger partial charge in [0, 0.05) is 22.7 Å². The van der Waals surface area contributed by atoms with Crippen molar-refractivity contribution in [3.05, 3.63) is 114 Å². The van der Waals surface area contributed by atoms with Crippen LogP contribution in [0.4, 0.5) is 22.7 Å². The highest BCUT2D eigenvalue weighted by atomic mass is 16.5. The lowest BCUT2D eigenvalue weighted by Crippen LogP contribution is -1.90. The fraction of sp³-hybridized carbons (Fsp3) is 0.111. The van der Waals surface area contributed by atoms with Gasteiger partial charge >= 0.3 is 0 Å². The molecule has 0 saturated carbocycles. The maximum Gasteiger partial charge on any atom is 0.119 e. The SMILES string of the molecule is COc1ccc(Nc2ccc(C)cc2)cc1.Cc1ccc(Nc2ccccc2)cc1. The number of hydrogen-bond acceptors (Lipinski definition) is 3. The average molecular weight is 397 g/mol. The number of ether oxygens (including phenoxy) is 1. The highest BCUT2D eigenvalue weighted by Gasteiger charge is 1.95. The molecule has 0 bridgehead atoms. The zero-order chi connectivity index (χ0) is 21.2. The van der Waals surface area contributed by atoms with Crippen molar-refractivity contribution in [2.24, 2.45) is 0 Å². The molecule has 0 saturated heterocycles. The van der Waals surface area contributed by atoms with Crippen LogP contribution in [-0.2, 0) is 0 Å². The van der Waals surface area contributed by atoms with Crippen molar-refractivity contribution in [1.82, 2.24) is 0 Å². The second-order valence-corrected chi connectivity index (χ2v) is 7.08. The van der Waals surface area contributed by atoms with E-state index in [1.807, 2.05) is 42.5 Å². The van der Waals surface area contributed by atoms with Gasteiger partial charge in [-0.3, -0.25) is 0 Å². The van der Waals surface area contributed by atoms with Crippen LogP contribution in [0.5, 0.6) is 5.75 Å². The lowest BCUT2D eigenvalue weighted by Gasteiger charge is -2.07. The number of nitrogens with one attached hydrogen (secondary N) is 2. The zero-order valence-corrected chi connectivity index (χ0v) is 17.7. The summed E-state index contributed by atoms with van der Waals surface area (Å²) in [7, 11) is 1.67. The number of aryl methyl sites for hydroxylation is 2. The van der Waals surface area contributed by atoms with Crippen molar-refractivity contribution in [1.29, 1.82) is 0 Å². The molecule has 4 aromatic rings. The maximum atomic E-state index is 5.11. The molecule has 0 spiro atoms. The number of hydrogen-bond donors (Lipinski definition) is 2. The van der Waals surface area contributed by atoms with Crippen LogP contribution in [-0.4, -0.2) is 7.11 Å². The summed E-state index contributed by atoms with van der Waals surface area (Å²) >= 11 is 0. The Bertz CT molecular complexity index is 1010.